The molecule has 0 spiro atoms. The fourth-order valence-corrected chi connectivity index (χ4v) is 3.51. The molecule has 3 aromatic rings. The summed E-state index contributed by atoms with van der Waals surface area (Å²) in [5.74, 6) is -14.8. The zero-order valence-electron chi connectivity index (χ0n) is 21.2. The van der Waals surface area contributed by atoms with E-state index in [2.05, 4.69) is 25.7 Å². The second-order valence-electron chi connectivity index (χ2n) is 8.58. The molecule has 2 atom stereocenters. The fraction of sp³-hybridized carbons (Fsp3) is 0.231. The van der Waals surface area contributed by atoms with Crippen molar-refractivity contribution < 1.29 is 51.4 Å². The van der Waals surface area contributed by atoms with E-state index in [-0.39, 0.29) is 11.8 Å². The summed E-state index contributed by atoms with van der Waals surface area (Å²) in [6.45, 7) is -0.0427. The predicted octanol–water partition coefficient (Wildman–Crippen LogP) is 2.23. The van der Waals surface area contributed by atoms with Crippen molar-refractivity contribution >= 4 is 46.1 Å². The number of Topliss-reactive ketones (excluding diaryl/α,β-unsaturated/α-hetero) is 1. The van der Waals surface area contributed by atoms with Crippen molar-refractivity contribution in [2.45, 2.75) is 31.8 Å². The largest absolute Gasteiger partial charge is 0.481 e. The number of nitrogens with one attached hydrogen (secondary N) is 3. The standard InChI is InChI=1S/C26H22F4N4O7/c1-12(32-25(39)26(40)34-17-6-2-4-13-5-3-9-31-22(13)17)24(38)33-16(7-8-19(36)37)18(35)11-41-23-20(29)14(27)10-15(28)21(23)30/h2-6,9-10,12,16H,7-8,11H2,1H3,(H,32,39)(H,33,38)(H,34,40)(H,36,37). The molecular formula is C26H22F4N4O7. The molecule has 3 rings (SSSR count). The number of halogens is 4. The molecule has 216 valence electrons. The van der Waals surface area contributed by atoms with Crippen LogP contribution in [0.2, 0.25) is 0 Å². The maximum atomic E-state index is 13.8. The molecule has 3 amide bonds. The lowest BCUT2D eigenvalue weighted by Gasteiger charge is -2.20. The highest BCUT2D eigenvalue weighted by Gasteiger charge is 2.28. The fourth-order valence-electron chi connectivity index (χ4n) is 3.51. The highest BCUT2D eigenvalue weighted by molar-refractivity contribution is 6.40. The summed E-state index contributed by atoms with van der Waals surface area (Å²) in [5.41, 5.74) is 0.635. The van der Waals surface area contributed by atoms with Gasteiger partial charge in [-0.15, -0.1) is 0 Å². The van der Waals surface area contributed by atoms with Crippen LogP contribution in [-0.4, -0.2) is 58.3 Å². The first-order valence-corrected chi connectivity index (χ1v) is 11.8. The molecule has 2 aromatic carbocycles. The average Bonchev–Trinajstić information content (AvgIpc) is 2.93. The first-order chi connectivity index (χ1) is 19.4. The molecule has 4 N–H and O–H groups in total. The second kappa shape index (κ2) is 13.3. The van der Waals surface area contributed by atoms with Gasteiger partial charge in [0, 0.05) is 24.1 Å². The first kappa shape index (κ1) is 30.5. The van der Waals surface area contributed by atoms with Gasteiger partial charge in [0.25, 0.3) is 0 Å². The molecule has 0 saturated heterocycles. The Morgan fingerprint density at radius 2 is 1.61 bits per heavy atom. The number of carbonyl (C=O) groups excluding carboxylic acids is 4. The van der Waals surface area contributed by atoms with Gasteiger partial charge in [0.2, 0.25) is 17.5 Å². The van der Waals surface area contributed by atoms with Gasteiger partial charge in [0.05, 0.1) is 17.2 Å². The number of rotatable bonds is 11. The van der Waals surface area contributed by atoms with Crippen molar-refractivity contribution in [2.24, 2.45) is 0 Å². The maximum Gasteiger partial charge on any atom is 0.313 e. The van der Waals surface area contributed by atoms with Gasteiger partial charge in [-0.2, -0.15) is 8.78 Å². The van der Waals surface area contributed by atoms with E-state index in [1.54, 1.807) is 24.3 Å². The Labute approximate surface area is 228 Å². The minimum Gasteiger partial charge on any atom is -0.481 e. The summed E-state index contributed by atoms with van der Waals surface area (Å²) >= 11 is 0. The molecule has 11 nitrogen and oxygen atoms in total. The predicted molar refractivity (Wildman–Crippen MR) is 134 cm³/mol. The summed E-state index contributed by atoms with van der Waals surface area (Å²) < 4.78 is 59.0. The molecule has 0 bridgehead atoms. The number of carboxylic acid groups (broad SMARTS) is 1. The van der Waals surface area contributed by atoms with Gasteiger partial charge in [0.1, 0.15) is 12.6 Å². The van der Waals surface area contributed by atoms with Crippen molar-refractivity contribution in [3.05, 3.63) is 65.9 Å². The Morgan fingerprint density at radius 1 is 0.951 bits per heavy atom. The van der Waals surface area contributed by atoms with Crippen LogP contribution in [0.25, 0.3) is 10.9 Å². The highest BCUT2D eigenvalue weighted by atomic mass is 19.2. The number of carboxylic acids is 1. The SMILES string of the molecule is CC(NC(=O)C(=O)Nc1cccc2cccnc12)C(=O)NC(CCC(=O)O)C(=O)COc1c(F)c(F)cc(F)c1F. The van der Waals surface area contributed by atoms with Crippen LogP contribution >= 0.6 is 0 Å². The van der Waals surface area contributed by atoms with Gasteiger partial charge in [-0.05, 0) is 25.5 Å². The van der Waals surface area contributed by atoms with Gasteiger partial charge in [-0.25, -0.2) is 8.78 Å². The number of pyridine rings is 1. The van der Waals surface area contributed by atoms with Gasteiger partial charge in [-0.3, -0.25) is 29.0 Å². The lowest BCUT2D eigenvalue weighted by atomic mass is 10.1. The molecular weight excluding hydrogens is 556 g/mol. The number of aliphatic carboxylic acids is 1. The van der Waals surface area contributed by atoms with Crippen LogP contribution in [0.1, 0.15) is 19.8 Å². The number of ketones is 1. The van der Waals surface area contributed by atoms with Crippen molar-refractivity contribution in [1.29, 1.82) is 0 Å². The quantitative estimate of drug-likeness (QED) is 0.153. The lowest BCUT2D eigenvalue weighted by Crippen LogP contribution is -2.52. The number of amides is 3. The summed E-state index contributed by atoms with van der Waals surface area (Å²) in [6, 6.07) is 5.18. The number of hydrogen-bond acceptors (Lipinski definition) is 7. The topological polar surface area (TPSA) is 164 Å². The van der Waals surface area contributed by atoms with Crippen molar-refractivity contribution in [1.82, 2.24) is 15.6 Å². The van der Waals surface area contributed by atoms with E-state index in [4.69, 9.17) is 5.11 Å². The molecule has 41 heavy (non-hydrogen) atoms. The molecule has 2 unspecified atom stereocenters. The maximum absolute atomic E-state index is 13.8. The van der Waals surface area contributed by atoms with Crippen molar-refractivity contribution in [3.63, 3.8) is 0 Å². The Hall–Kier alpha value is -5.08. The van der Waals surface area contributed by atoms with Crippen LogP contribution in [-0.2, 0) is 24.0 Å². The van der Waals surface area contributed by atoms with Crippen LogP contribution in [0.4, 0.5) is 23.2 Å². The summed E-state index contributed by atoms with van der Waals surface area (Å²) in [7, 11) is 0. The molecule has 1 heterocycles. The Balaban J connectivity index is 1.63. The first-order valence-electron chi connectivity index (χ1n) is 11.8. The number of ether oxygens (including phenoxy) is 1. The average molecular weight is 578 g/mol. The molecule has 15 heteroatoms. The van der Waals surface area contributed by atoms with E-state index in [0.29, 0.717) is 10.9 Å². The number of hydrogen-bond donors (Lipinski definition) is 4. The zero-order valence-corrected chi connectivity index (χ0v) is 21.2. The number of anilines is 1. The second-order valence-corrected chi connectivity index (χ2v) is 8.58. The van der Waals surface area contributed by atoms with Crippen molar-refractivity contribution in [2.75, 3.05) is 11.9 Å². The van der Waals surface area contributed by atoms with Crippen LogP contribution < -0.4 is 20.7 Å². The van der Waals surface area contributed by atoms with Gasteiger partial charge >= 0.3 is 17.8 Å². The monoisotopic (exact) mass is 578 g/mol. The minimum absolute atomic E-state index is 0.0654. The Kier molecular flexibility index (Phi) is 9.90. The normalized spacial score (nSPS) is 12.2. The molecule has 0 fully saturated rings. The minimum atomic E-state index is -1.91. The molecule has 0 aliphatic heterocycles. The van der Waals surface area contributed by atoms with Crippen LogP contribution in [0.15, 0.2) is 42.6 Å². The van der Waals surface area contributed by atoms with E-state index < -0.39 is 90.0 Å². The third kappa shape index (κ3) is 7.74. The summed E-state index contributed by atoms with van der Waals surface area (Å²) in [4.78, 5) is 65.2. The third-order valence-corrected chi connectivity index (χ3v) is 5.61. The Morgan fingerprint density at radius 3 is 2.27 bits per heavy atom. The third-order valence-electron chi connectivity index (χ3n) is 5.61. The summed E-state index contributed by atoms with van der Waals surface area (Å²) in [6.07, 6.45) is 0.332. The van der Waals surface area contributed by atoms with Crippen LogP contribution in [0.5, 0.6) is 5.75 Å². The molecule has 0 aliphatic rings. The van der Waals surface area contributed by atoms with E-state index in [1.807, 2.05) is 0 Å². The molecule has 1 aromatic heterocycles. The highest BCUT2D eigenvalue weighted by Crippen LogP contribution is 2.26. The number of fused-ring (bicyclic) bond motifs is 1. The van der Waals surface area contributed by atoms with Gasteiger partial charge in [-0.1, -0.05) is 18.2 Å². The van der Waals surface area contributed by atoms with Gasteiger partial charge < -0.3 is 25.8 Å². The molecule has 0 radical (unpaired) electrons. The number of aromatic nitrogens is 1. The van der Waals surface area contributed by atoms with E-state index >= 15 is 0 Å². The number of carbonyl (C=O) groups is 5. The van der Waals surface area contributed by atoms with Crippen LogP contribution in [0, 0.1) is 23.3 Å². The smallest absolute Gasteiger partial charge is 0.313 e. The van der Waals surface area contributed by atoms with E-state index in [1.165, 1.54) is 12.3 Å². The van der Waals surface area contributed by atoms with Crippen LogP contribution in [0.3, 0.4) is 0 Å². The zero-order chi connectivity index (χ0) is 30.3. The number of nitrogens with zero attached hydrogens (tertiary/aromatic N) is 1. The molecule has 0 saturated carbocycles. The van der Waals surface area contributed by atoms with E-state index in [9.17, 15) is 41.5 Å². The van der Waals surface area contributed by atoms with E-state index in [0.717, 1.165) is 6.92 Å². The Bertz CT molecular complexity index is 1490. The lowest BCUT2D eigenvalue weighted by molar-refractivity contribution is -0.139. The number of benzene rings is 2. The van der Waals surface area contributed by atoms with Crippen molar-refractivity contribution in [3.8, 4) is 5.75 Å². The summed E-state index contributed by atoms with van der Waals surface area (Å²) in [5, 5.41) is 16.3. The number of para-hydroxylation sites is 1. The molecule has 0 aliphatic carbocycles. The van der Waals surface area contributed by atoms with Gasteiger partial charge in [0.15, 0.2) is 23.2 Å².